The quantitative estimate of drug-likeness (QED) is 0.773. The number of benzene rings is 1. The van der Waals surface area contributed by atoms with Gasteiger partial charge in [0.15, 0.2) is 0 Å². The van der Waals surface area contributed by atoms with Gasteiger partial charge in [-0.05, 0) is 43.2 Å². The third-order valence-corrected chi connectivity index (χ3v) is 3.71. The maximum Gasteiger partial charge on any atom is 0.310 e. The van der Waals surface area contributed by atoms with Crippen molar-refractivity contribution in [3.05, 3.63) is 47.5 Å². The summed E-state index contributed by atoms with van der Waals surface area (Å²) >= 11 is 0. The third-order valence-electron chi connectivity index (χ3n) is 3.71. The Balaban J connectivity index is 1.81. The molecule has 1 aromatic rings. The summed E-state index contributed by atoms with van der Waals surface area (Å²) in [4.78, 5) is 11.1. The molecule has 1 aromatic carbocycles. The highest BCUT2D eigenvalue weighted by atomic mass is 16.4. The Morgan fingerprint density at radius 2 is 2.05 bits per heavy atom. The number of aliphatic hydroxyl groups excluding tert-OH is 1. The second kappa shape index (κ2) is 6.53. The number of carboxylic acid groups (broad SMARTS) is 1. The normalized spacial score (nSPS) is 20.1. The van der Waals surface area contributed by atoms with Gasteiger partial charge in [-0.3, -0.25) is 4.79 Å². The van der Waals surface area contributed by atoms with Gasteiger partial charge >= 0.3 is 5.97 Å². The number of aliphatic hydroxyl groups is 1. The fourth-order valence-electron chi connectivity index (χ4n) is 2.67. The van der Waals surface area contributed by atoms with Gasteiger partial charge in [0, 0.05) is 0 Å². The lowest BCUT2D eigenvalue weighted by Gasteiger charge is -2.16. The zero-order valence-electron chi connectivity index (χ0n) is 11.0. The van der Waals surface area contributed by atoms with E-state index in [0.717, 1.165) is 19.3 Å². The van der Waals surface area contributed by atoms with Gasteiger partial charge < -0.3 is 10.2 Å². The Hall–Kier alpha value is -1.61. The Bertz CT molecular complexity index is 450. The minimum atomic E-state index is -0.814. The van der Waals surface area contributed by atoms with Crippen molar-refractivity contribution in [2.45, 2.75) is 38.2 Å². The molecule has 0 saturated heterocycles. The molecule has 1 aliphatic rings. The largest absolute Gasteiger partial charge is 0.481 e. The molecule has 2 atom stereocenters. The number of carbonyl (C=O) groups is 1. The molecule has 0 radical (unpaired) electrons. The standard InChI is InChI=1S/C16H20O3/c17-15(13-9-5-10-14(13)16(18)19)11-4-8-12-6-2-1-3-7-12/h1-3,6-7,9,14-15,17H,4-5,8,10-11H2,(H,18,19)/t14-,15+/m1/s1. The summed E-state index contributed by atoms with van der Waals surface area (Å²) < 4.78 is 0. The molecule has 0 amide bonds. The molecule has 0 aliphatic heterocycles. The Morgan fingerprint density at radius 1 is 1.32 bits per heavy atom. The Morgan fingerprint density at radius 3 is 2.74 bits per heavy atom. The Labute approximate surface area is 113 Å². The minimum absolute atomic E-state index is 0.480. The first-order valence-electron chi connectivity index (χ1n) is 6.83. The highest BCUT2D eigenvalue weighted by Gasteiger charge is 2.29. The van der Waals surface area contributed by atoms with E-state index in [1.54, 1.807) is 0 Å². The summed E-state index contributed by atoms with van der Waals surface area (Å²) in [7, 11) is 0. The maximum atomic E-state index is 11.1. The van der Waals surface area contributed by atoms with E-state index in [1.165, 1.54) is 5.56 Å². The van der Waals surface area contributed by atoms with Crippen LogP contribution in [0, 0.1) is 5.92 Å². The predicted molar refractivity (Wildman–Crippen MR) is 73.8 cm³/mol. The van der Waals surface area contributed by atoms with Crippen LogP contribution in [0.25, 0.3) is 0 Å². The first-order valence-corrected chi connectivity index (χ1v) is 6.83. The molecular formula is C16H20O3. The van der Waals surface area contributed by atoms with Crippen molar-refractivity contribution in [3.63, 3.8) is 0 Å². The number of allylic oxidation sites excluding steroid dienone is 1. The van der Waals surface area contributed by atoms with Crippen LogP contribution in [-0.4, -0.2) is 22.3 Å². The highest BCUT2D eigenvalue weighted by Crippen LogP contribution is 2.30. The van der Waals surface area contributed by atoms with Crippen LogP contribution in [-0.2, 0) is 11.2 Å². The van der Waals surface area contributed by atoms with Crippen LogP contribution >= 0.6 is 0 Å². The van der Waals surface area contributed by atoms with Gasteiger partial charge in [-0.15, -0.1) is 0 Å². The SMILES string of the molecule is O=C(O)[C@@H]1CCC=C1[C@@H](O)CCCc1ccccc1. The van der Waals surface area contributed by atoms with Crippen molar-refractivity contribution in [1.29, 1.82) is 0 Å². The molecule has 0 heterocycles. The number of carboxylic acids is 1. The van der Waals surface area contributed by atoms with Crippen molar-refractivity contribution in [1.82, 2.24) is 0 Å². The van der Waals surface area contributed by atoms with Crippen molar-refractivity contribution in [3.8, 4) is 0 Å². The summed E-state index contributed by atoms with van der Waals surface area (Å²) in [5, 5.41) is 19.2. The van der Waals surface area contributed by atoms with Crippen molar-refractivity contribution in [2.24, 2.45) is 5.92 Å². The summed E-state index contributed by atoms with van der Waals surface area (Å²) in [5.74, 6) is -1.29. The van der Waals surface area contributed by atoms with Crippen LogP contribution in [0.4, 0.5) is 0 Å². The smallest absolute Gasteiger partial charge is 0.310 e. The molecule has 3 heteroatoms. The van der Waals surface area contributed by atoms with Crippen LogP contribution in [0.1, 0.15) is 31.2 Å². The highest BCUT2D eigenvalue weighted by molar-refractivity contribution is 5.74. The van der Waals surface area contributed by atoms with Crippen LogP contribution in [0.15, 0.2) is 42.0 Å². The summed E-state index contributed by atoms with van der Waals surface area (Å²) in [5.41, 5.74) is 1.96. The number of hydrogen-bond donors (Lipinski definition) is 2. The Kier molecular flexibility index (Phi) is 4.74. The third kappa shape index (κ3) is 3.67. The van der Waals surface area contributed by atoms with Gasteiger partial charge in [0.2, 0.25) is 0 Å². The van der Waals surface area contributed by atoms with Crippen LogP contribution < -0.4 is 0 Å². The molecule has 0 unspecified atom stereocenters. The first-order chi connectivity index (χ1) is 9.18. The molecule has 0 spiro atoms. The van der Waals surface area contributed by atoms with Gasteiger partial charge in [0.1, 0.15) is 0 Å². The lowest BCUT2D eigenvalue weighted by Crippen LogP contribution is -2.21. The minimum Gasteiger partial charge on any atom is -0.481 e. The van der Waals surface area contributed by atoms with Crippen LogP contribution in [0.3, 0.4) is 0 Å². The molecular weight excluding hydrogens is 240 g/mol. The molecule has 0 fully saturated rings. The van der Waals surface area contributed by atoms with E-state index >= 15 is 0 Å². The average molecular weight is 260 g/mol. The number of aryl methyl sites for hydroxylation is 1. The summed E-state index contributed by atoms with van der Waals surface area (Å²) in [6.07, 6.45) is 5.10. The molecule has 2 N–H and O–H groups in total. The molecule has 19 heavy (non-hydrogen) atoms. The fraction of sp³-hybridized carbons (Fsp3) is 0.438. The number of hydrogen-bond acceptors (Lipinski definition) is 2. The lowest BCUT2D eigenvalue weighted by atomic mass is 9.93. The lowest BCUT2D eigenvalue weighted by molar-refractivity contribution is -0.140. The van der Waals surface area contributed by atoms with E-state index in [0.29, 0.717) is 18.4 Å². The predicted octanol–water partition coefficient (Wildman–Crippen LogP) is 2.79. The van der Waals surface area contributed by atoms with E-state index in [-0.39, 0.29) is 0 Å². The zero-order valence-corrected chi connectivity index (χ0v) is 11.0. The van der Waals surface area contributed by atoms with E-state index in [1.807, 2.05) is 24.3 Å². The number of rotatable bonds is 6. The van der Waals surface area contributed by atoms with Gasteiger partial charge in [-0.2, -0.15) is 0 Å². The van der Waals surface area contributed by atoms with E-state index < -0.39 is 18.0 Å². The number of aliphatic carboxylic acids is 1. The zero-order chi connectivity index (χ0) is 13.7. The molecule has 1 aliphatic carbocycles. The fourth-order valence-corrected chi connectivity index (χ4v) is 2.67. The molecule has 0 aromatic heterocycles. The van der Waals surface area contributed by atoms with E-state index in [4.69, 9.17) is 5.11 Å². The van der Waals surface area contributed by atoms with Crippen molar-refractivity contribution < 1.29 is 15.0 Å². The van der Waals surface area contributed by atoms with E-state index in [2.05, 4.69) is 12.1 Å². The molecule has 0 saturated carbocycles. The van der Waals surface area contributed by atoms with Crippen LogP contribution in [0.5, 0.6) is 0 Å². The van der Waals surface area contributed by atoms with Gasteiger partial charge in [0.25, 0.3) is 0 Å². The average Bonchev–Trinajstić information content (AvgIpc) is 2.89. The maximum absolute atomic E-state index is 11.1. The van der Waals surface area contributed by atoms with Crippen LogP contribution in [0.2, 0.25) is 0 Å². The van der Waals surface area contributed by atoms with Gasteiger partial charge in [0.05, 0.1) is 12.0 Å². The second-order valence-electron chi connectivity index (χ2n) is 5.07. The molecule has 3 nitrogen and oxygen atoms in total. The second-order valence-corrected chi connectivity index (χ2v) is 5.07. The molecule has 2 rings (SSSR count). The van der Waals surface area contributed by atoms with Gasteiger partial charge in [-0.1, -0.05) is 36.4 Å². The summed E-state index contributed by atoms with van der Waals surface area (Å²) in [6.45, 7) is 0. The monoisotopic (exact) mass is 260 g/mol. The van der Waals surface area contributed by atoms with Crippen molar-refractivity contribution in [2.75, 3.05) is 0 Å². The topological polar surface area (TPSA) is 57.5 Å². The first kappa shape index (κ1) is 13.8. The van der Waals surface area contributed by atoms with Gasteiger partial charge in [-0.25, -0.2) is 0 Å². The van der Waals surface area contributed by atoms with Crippen molar-refractivity contribution >= 4 is 5.97 Å². The summed E-state index contributed by atoms with van der Waals surface area (Å²) in [6, 6.07) is 10.1. The molecule has 0 bridgehead atoms. The van der Waals surface area contributed by atoms with E-state index in [9.17, 15) is 9.90 Å². The molecule has 102 valence electrons.